The Morgan fingerprint density at radius 3 is 1.77 bits per heavy atom. The van der Waals surface area contributed by atoms with Gasteiger partial charge in [-0.15, -0.1) is 0 Å². The number of nitrogens with one attached hydrogen (secondary N) is 9. The van der Waals surface area contributed by atoms with E-state index < -0.39 is 192 Å². The zero-order valence-corrected chi connectivity index (χ0v) is 55.9. The Kier molecular flexibility index (Phi) is 32.6. The van der Waals surface area contributed by atoms with Crippen molar-refractivity contribution in [1.82, 2.24) is 47.4 Å². The van der Waals surface area contributed by atoms with Crippen molar-refractivity contribution in [2.24, 2.45) is 51.6 Å². The molecule has 10 amide bonds. The fourth-order valence-corrected chi connectivity index (χ4v) is 10.1. The van der Waals surface area contributed by atoms with E-state index in [1.807, 2.05) is 10.6 Å². The van der Waals surface area contributed by atoms with Gasteiger partial charge in [0.1, 0.15) is 42.4 Å². The van der Waals surface area contributed by atoms with E-state index in [2.05, 4.69) is 42.2 Å². The molecule has 32 nitrogen and oxygen atoms in total. The second-order valence-corrected chi connectivity index (χ2v) is 24.6. The van der Waals surface area contributed by atoms with Crippen LogP contribution in [0, 0.1) is 23.7 Å². The van der Waals surface area contributed by atoms with Crippen molar-refractivity contribution in [2.45, 2.75) is 179 Å². The van der Waals surface area contributed by atoms with Gasteiger partial charge in [0.2, 0.25) is 59.1 Å². The van der Waals surface area contributed by atoms with Crippen molar-refractivity contribution in [3.63, 3.8) is 0 Å². The van der Waals surface area contributed by atoms with Gasteiger partial charge in [-0.2, -0.15) is 13.2 Å². The van der Waals surface area contributed by atoms with Gasteiger partial charge in [-0.1, -0.05) is 110 Å². The van der Waals surface area contributed by atoms with Crippen LogP contribution < -0.4 is 70.8 Å². The Morgan fingerprint density at radius 1 is 0.711 bits per heavy atom. The van der Waals surface area contributed by atoms with Crippen LogP contribution >= 0.6 is 12.2 Å². The smallest absolute Gasteiger partial charge is 0.453 e. The number of halogens is 3. The number of carbonyl (C=O) groups is 12. The Morgan fingerprint density at radius 2 is 1.25 bits per heavy atom. The van der Waals surface area contributed by atoms with Crippen molar-refractivity contribution in [3.8, 4) is 0 Å². The van der Waals surface area contributed by atoms with Gasteiger partial charge < -0.3 is 95.6 Å². The van der Waals surface area contributed by atoms with E-state index in [1.165, 1.54) is 75.4 Å². The normalized spacial score (nSPS) is 23.5. The first kappa shape index (κ1) is 82.1. The van der Waals surface area contributed by atoms with E-state index in [9.17, 15) is 71.6 Å². The predicted octanol–water partition coefficient (Wildman–Crippen LogP) is -2.74. The molecule has 36 heteroatoms. The molecule has 14 atom stereocenters. The maximum atomic E-state index is 16.1. The predicted molar refractivity (Wildman–Crippen MR) is 346 cm³/mol. The molecule has 97 heavy (non-hydrogen) atoms. The van der Waals surface area contributed by atoms with Gasteiger partial charge in [0.05, 0.1) is 25.3 Å². The number of para-hydroxylation sites is 1. The zero-order valence-electron chi connectivity index (χ0n) is 55.0. The third-order valence-electron chi connectivity index (χ3n) is 15.0. The molecule has 0 spiro atoms. The summed E-state index contributed by atoms with van der Waals surface area (Å²) < 4.78 is 54.2. The molecule has 3 rings (SSSR count). The van der Waals surface area contributed by atoms with E-state index in [0.717, 1.165) is 6.92 Å². The minimum atomic E-state index is -5.77. The number of guanidine groups is 1. The number of esters is 2. The first-order chi connectivity index (χ1) is 45.3. The number of aliphatic hydroxyl groups excluding tert-OH is 3. The van der Waals surface area contributed by atoms with Crippen LogP contribution in [0.5, 0.6) is 0 Å². The number of cyclic esters (lactones) is 1. The third-order valence-corrected chi connectivity index (χ3v) is 15.3. The quantitative estimate of drug-likeness (QED) is 0.0198. The van der Waals surface area contributed by atoms with E-state index in [-0.39, 0.29) is 61.8 Å². The van der Waals surface area contributed by atoms with Crippen molar-refractivity contribution in [1.29, 1.82) is 0 Å². The second-order valence-electron chi connectivity index (χ2n) is 24.2. The molecule has 20 N–H and O–H groups in total. The van der Waals surface area contributed by atoms with Crippen LogP contribution in [0.1, 0.15) is 106 Å². The Balaban J connectivity index is 2.63. The van der Waals surface area contributed by atoms with Crippen molar-refractivity contribution >= 4 is 100.0 Å². The van der Waals surface area contributed by atoms with Crippen molar-refractivity contribution < 1.29 is 95.5 Å². The number of rotatable bonds is 21. The van der Waals surface area contributed by atoms with Crippen LogP contribution in [-0.2, 0) is 67.0 Å². The zero-order chi connectivity index (χ0) is 73.3. The van der Waals surface area contributed by atoms with E-state index in [4.69, 9.17) is 44.6 Å². The van der Waals surface area contributed by atoms with Crippen LogP contribution in [-0.4, -0.2) is 201 Å². The summed E-state index contributed by atoms with van der Waals surface area (Å²) in [6, 6.07) is -4.52. The molecule has 1 aliphatic rings. The van der Waals surface area contributed by atoms with Crippen LogP contribution in [0.15, 0.2) is 65.7 Å². The average molecular weight is 1390 g/mol. The molecular weight excluding hydrogens is 1300 g/mol. The molecular formula is C61H90F3N15O17S. The van der Waals surface area contributed by atoms with Crippen LogP contribution in [0.3, 0.4) is 0 Å². The van der Waals surface area contributed by atoms with Gasteiger partial charge in [-0.3, -0.25) is 57.8 Å². The molecule has 2 aromatic carbocycles. The van der Waals surface area contributed by atoms with Gasteiger partial charge >= 0.3 is 18.1 Å². The third kappa shape index (κ3) is 25.4. The van der Waals surface area contributed by atoms with Crippen LogP contribution in [0.25, 0.3) is 0 Å². The first-order valence-corrected chi connectivity index (χ1v) is 31.4. The summed E-state index contributed by atoms with van der Waals surface area (Å²) in [6.45, 7) is 10.3. The Labute approximate surface area is 563 Å². The number of carbonyl (C=O) groups excluding carboxylic acids is 12. The summed E-state index contributed by atoms with van der Waals surface area (Å²) in [6.07, 6.45) is -15.7. The fraction of sp³-hybridized carbons (Fsp3) is 0.574. The van der Waals surface area contributed by atoms with Gasteiger partial charge in [0.25, 0.3) is 0 Å². The SMILES string of the molecule is CC[C@H](C)[C@@H]1NC(=O)[C@@H](CCCN=C(N)N)NC(=O)[C@H](CC(C)C)NC(=O)[C@H]([C@H](OC(=O)C(F)(F)F)C(C)C)NC(=O)[C@@H](N(C(=O)[C@@H](N)CC(C)C)C(=S)Nc2ccccc2)[C@@H](c2ccccc2)OC(=O)[C@H](CO)NC(=O)[C@H]([C@H](O)C(N)=O)NC(=O)CNC(=O)[C@H]([C@H](C)O)NC1=O. The first-order valence-electron chi connectivity index (χ1n) is 31.0. The lowest BCUT2D eigenvalue weighted by Gasteiger charge is -2.39. The topological polar surface area (TPSA) is 512 Å². The number of nitrogens with zero attached hydrogens (tertiary/aromatic N) is 2. The minimum absolute atomic E-state index is 0.0650. The van der Waals surface area contributed by atoms with Gasteiger partial charge in [0, 0.05) is 12.2 Å². The highest BCUT2D eigenvalue weighted by atomic mass is 32.1. The molecule has 0 unspecified atom stereocenters. The number of nitrogens with two attached hydrogens (primary N) is 4. The molecule has 0 radical (unpaired) electrons. The summed E-state index contributed by atoms with van der Waals surface area (Å²) in [4.78, 5) is 177. The van der Waals surface area contributed by atoms with Crippen LogP contribution in [0.2, 0.25) is 0 Å². The lowest BCUT2D eigenvalue weighted by molar-refractivity contribution is -0.208. The number of anilines is 1. The number of primary amides is 1. The van der Waals surface area contributed by atoms with Crippen molar-refractivity contribution in [2.75, 3.05) is 25.0 Å². The highest BCUT2D eigenvalue weighted by Crippen LogP contribution is 2.30. The Bertz CT molecular complexity index is 3110. The standard InChI is InChI=1S/C61H90F3N15O17S/c1-10-31(8)40-52(88)77-41(32(9)81)51(87)70-26-39(82)75-42(45(83)48(66)84)53(89)74-38(27-80)57(93)95-47(33-18-13-11-14-19-33)44(79(56(92)35(65)24-28(2)3)60(97)71-34-20-15-12-16-21-34)55(91)78-43(46(30(6)7)96-58(94)61(62,63)64)54(90)73-37(25-29(4)5)50(86)72-36(49(85)76-40)22-17-23-69-59(67)68/h11-16,18-21,28-32,35-38,40-47,80-81,83H,10,17,22-27,65H2,1-9H3,(H2,66,84)(H,70,87)(H,71,97)(H,72,86)(H,73,90)(H,74,89)(H,75,82)(H,76,85)(H,77,88)(H,78,91)(H4,67,68,69)/t31-,32-,35-,36+,37-,38-,40-,41-,42-,43-,44-,45-,46+,47+/m0/s1. The maximum Gasteiger partial charge on any atom is 0.490 e. The number of thiocarbonyl (C=S) groups is 1. The highest BCUT2D eigenvalue weighted by molar-refractivity contribution is 7.80. The number of alkyl halides is 3. The molecule has 0 bridgehead atoms. The summed E-state index contributed by atoms with van der Waals surface area (Å²) in [5.74, 6) is -21.9. The highest BCUT2D eigenvalue weighted by Gasteiger charge is 2.50. The molecule has 1 aliphatic heterocycles. The molecule has 538 valence electrons. The largest absolute Gasteiger partial charge is 0.490 e. The lowest BCUT2D eigenvalue weighted by atomic mass is 9.94. The lowest BCUT2D eigenvalue weighted by Crippen LogP contribution is -2.65. The Hall–Kier alpha value is -9.13. The van der Waals surface area contributed by atoms with Gasteiger partial charge in [-0.25, -0.2) is 9.59 Å². The molecule has 0 aliphatic carbocycles. The van der Waals surface area contributed by atoms with E-state index in [0.29, 0.717) is 4.90 Å². The fourth-order valence-electron chi connectivity index (χ4n) is 9.73. The maximum absolute atomic E-state index is 16.1. The number of benzene rings is 2. The molecule has 1 fully saturated rings. The van der Waals surface area contributed by atoms with E-state index >= 15 is 14.4 Å². The number of hydrogen-bond acceptors (Lipinski definition) is 20. The van der Waals surface area contributed by atoms with E-state index in [1.54, 1.807) is 40.7 Å². The van der Waals surface area contributed by atoms with Gasteiger partial charge in [-0.05, 0) is 86.2 Å². The van der Waals surface area contributed by atoms with Crippen molar-refractivity contribution in [3.05, 3.63) is 66.2 Å². The summed E-state index contributed by atoms with van der Waals surface area (Å²) >= 11 is 5.88. The number of aliphatic imine (C=N–C) groups is 1. The summed E-state index contributed by atoms with van der Waals surface area (Å²) in [5, 5.41) is 52.8. The van der Waals surface area contributed by atoms with Gasteiger partial charge in [0.15, 0.2) is 35.4 Å². The molecule has 2 aromatic rings. The molecule has 1 saturated heterocycles. The number of hydrogen-bond donors (Lipinski definition) is 16. The monoisotopic (exact) mass is 1390 g/mol. The minimum Gasteiger partial charge on any atom is -0.453 e. The average Bonchev–Trinajstić information content (AvgIpc) is 0.784. The molecule has 1 heterocycles. The molecule has 0 saturated carbocycles. The summed E-state index contributed by atoms with van der Waals surface area (Å²) in [7, 11) is 0. The van der Waals surface area contributed by atoms with Crippen LogP contribution in [0.4, 0.5) is 18.9 Å². The summed E-state index contributed by atoms with van der Waals surface area (Å²) in [5.41, 5.74) is 22.9. The molecule has 0 aromatic heterocycles. The number of aliphatic hydroxyl groups is 3. The number of amides is 10. The number of ether oxygens (including phenoxy) is 2. The second kappa shape index (κ2) is 38.6.